The Bertz CT molecular complexity index is 618. The summed E-state index contributed by atoms with van der Waals surface area (Å²) in [5.74, 6) is -4.75. The number of hydrogen-bond acceptors (Lipinski definition) is 4. The zero-order valence-corrected chi connectivity index (χ0v) is 11.2. The predicted molar refractivity (Wildman–Crippen MR) is 63.5 cm³/mol. The van der Waals surface area contributed by atoms with Crippen LogP contribution in [0.4, 0.5) is 13.2 Å². The molecule has 1 aromatic carbocycles. The summed E-state index contributed by atoms with van der Waals surface area (Å²) in [5, 5.41) is 3.68. The van der Waals surface area contributed by atoms with Gasteiger partial charge >= 0.3 is 5.97 Å². The maximum Gasteiger partial charge on any atom is 0.310 e. The summed E-state index contributed by atoms with van der Waals surface area (Å²) in [7, 11) is -3.85. The van der Waals surface area contributed by atoms with E-state index in [1.807, 2.05) is 0 Å². The Hall–Kier alpha value is -1.61. The van der Waals surface area contributed by atoms with Gasteiger partial charge in [-0.05, 0) is 13.0 Å². The number of benzene rings is 1. The molecular weight excluding hydrogens is 299 g/mol. The summed E-state index contributed by atoms with van der Waals surface area (Å²) in [6.45, 7) is 0.712. The molecule has 0 saturated heterocycles. The number of primary sulfonamides is 1. The first-order valence-corrected chi connectivity index (χ1v) is 7.03. The highest BCUT2D eigenvalue weighted by Crippen LogP contribution is 2.14. The minimum absolute atomic E-state index is 0.310. The van der Waals surface area contributed by atoms with Crippen molar-refractivity contribution in [2.24, 2.45) is 5.14 Å². The fraction of sp³-hybridized carbons (Fsp3) is 0.364. The zero-order chi connectivity index (χ0) is 15.5. The summed E-state index contributed by atoms with van der Waals surface area (Å²) >= 11 is 0. The van der Waals surface area contributed by atoms with Crippen LogP contribution in [0.1, 0.15) is 12.5 Å². The highest BCUT2D eigenvalue weighted by atomic mass is 32.2. The number of halogens is 3. The molecule has 0 heterocycles. The van der Waals surface area contributed by atoms with Crippen molar-refractivity contribution in [1.82, 2.24) is 0 Å². The molecule has 5 nitrogen and oxygen atoms in total. The molecule has 0 spiro atoms. The van der Waals surface area contributed by atoms with Crippen molar-refractivity contribution in [3.8, 4) is 0 Å². The minimum atomic E-state index is -3.85. The smallest absolute Gasteiger partial charge is 0.310 e. The van der Waals surface area contributed by atoms with Crippen molar-refractivity contribution < 1.29 is 31.1 Å². The molecule has 112 valence electrons. The largest absolute Gasteiger partial charge is 0.464 e. The van der Waals surface area contributed by atoms with Crippen LogP contribution in [0.2, 0.25) is 0 Å². The Kier molecular flexibility index (Phi) is 5.12. The number of rotatable bonds is 5. The molecule has 2 N–H and O–H groups in total. The van der Waals surface area contributed by atoms with Crippen LogP contribution in [0.25, 0.3) is 0 Å². The van der Waals surface area contributed by atoms with E-state index in [4.69, 9.17) is 5.14 Å². The third-order valence-corrected chi connectivity index (χ3v) is 3.72. The highest BCUT2D eigenvalue weighted by Gasteiger charge is 2.19. The molecule has 0 aliphatic rings. The normalized spacial score (nSPS) is 13.1. The molecule has 0 saturated carbocycles. The van der Waals surface area contributed by atoms with Crippen LogP contribution < -0.4 is 5.14 Å². The van der Waals surface area contributed by atoms with Gasteiger partial charge in [-0.1, -0.05) is 0 Å². The third-order valence-electron chi connectivity index (χ3n) is 2.46. The lowest BCUT2D eigenvalue weighted by atomic mass is 10.1. The van der Waals surface area contributed by atoms with Gasteiger partial charge in [-0.3, -0.25) is 4.79 Å². The van der Waals surface area contributed by atoms with E-state index in [9.17, 15) is 26.4 Å². The maximum absolute atomic E-state index is 13.2. The molecule has 1 atom stereocenters. The number of hydrogen-bond donors (Lipinski definition) is 1. The lowest BCUT2D eigenvalue weighted by molar-refractivity contribution is -0.142. The second-order valence-corrected chi connectivity index (χ2v) is 6.10. The van der Waals surface area contributed by atoms with Crippen LogP contribution in [-0.2, 0) is 26.0 Å². The van der Waals surface area contributed by atoms with Crippen LogP contribution in [0.5, 0.6) is 0 Å². The van der Waals surface area contributed by atoms with Gasteiger partial charge in [-0.25, -0.2) is 26.7 Å². The van der Waals surface area contributed by atoms with Crippen molar-refractivity contribution in [3.63, 3.8) is 0 Å². The molecule has 0 radical (unpaired) electrons. The van der Waals surface area contributed by atoms with Crippen LogP contribution in [-0.4, -0.2) is 26.2 Å². The van der Waals surface area contributed by atoms with Crippen LogP contribution >= 0.6 is 0 Å². The molecule has 0 amide bonds. The van der Waals surface area contributed by atoms with Crippen molar-refractivity contribution in [1.29, 1.82) is 0 Å². The molecule has 0 aliphatic heterocycles. The summed E-state index contributed by atoms with van der Waals surface area (Å²) in [6, 6.07) is 0.847. The van der Waals surface area contributed by atoms with Gasteiger partial charge in [0.1, 0.15) is 17.7 Å². The number of carbonyl (C=O) groups excluding carboxylic acids is 1. The quantitative estimate of drug-likeness (QED) is 0.645. The van der Waals surface area contributed by atoms with Crippen molar-refractivity contribution in [2.75, 3.05) is 6.61 Å². The Morgan fingerprint density at radius 3 is 2.35 bits per heavy atom. The summed E-state index contributed by atoms with van der Waals surface area (Å²) in [4.78, 5) is 11.4. The second kappa shape index (κ2) is 6.23. The number of nitrogens with two attached hydrogens (primary N) is 1. The molecular formula is C11H12F3NO4S. The van der Waals surface area contributed by atoms with Crippen molar-refractivity contribution >= 4 is 16.0 Å². The van der Waals surface area contributed by atoms with E-state index in [0.717, 1.165) is 0 Å². The second-order valence-electron chi connectivity index (χ2n) is 4.12. The molecule has 9 heteroatoms. The predicted octanol–water partition coefficient (Wildman–Crippen LogP) is 0.867. The molecule has 0 aliphatic carbocycles. The maximum atomic E-state index is 13.2. The Balaban J connectivity index is 2.66. The molecule has 0 unspecified atom stereocenters. The summed E-state index contributed by atoms with van der Waals surface area (Å²) < 4.78 is 65.1. The molecule has 0 bridgehead atoms. The first-order chi connectivity index (χ1) is 9.11. The van der Waals surface area contributed by atoms with E-state index < -0.39 is 57.3 Å². The Morgan fingerprint density at radius 2 is 1.80 bits per heavy atom. The topological polar surface area (TPSA) is 86.5 Å². The monoisotopic (exact) mass is 311 g/mol. The SMILES string of the molecule is C[C@@H](COC(=O)Cc1cc(F)c(F)cc1F)S(N)(=O)=O. The Morgan fingerprint density at radius 1 is 1.25 bits per heavy atom. The van der Waals surface area contributed by atoms with Gasteiger partial charge in [0, 0.05) is 11.6 Å². The van der Waals surface area contributed by atoms with Crippen LogP contribution in [0.15, 0.2) is 12.1 Å². The van der Waals surface area contributed by atoms with Gasteiger partial charge in [-0.2, -0.15) is 0 Å². The fourth-order valence-electron chi connectivity index (χ4n) is 1.21. The van der Waals surface area contributed by atoms with Gasteiger partial charge in [0.05, 0.1) is 6.42 Å². The van der Waals surface area contributed by atoms with E-state index in [2.05, 4.69) is 4.74 Å². The van der Waals surface area contributed by atoms with Gasteiger partial charge in [-0.15, -0.1) is 0 Å². The molecule has 0 aromatic heterocycles. The molecule has 20 heavy (non-hydrogen) atoms. The molecule has 1 rings (SSSR count). The van der Waals surface area contributed by atoms with E-state index in [1.165, 1.54) is 6.92 Å². The molecule has 1 aromatic rings. The van der Waals surface area contributed by atoms with E-state index >= 15 is 0 Å². The summed E-state index contributed by atoms with van der Waals surface area (Å²) in [5.41, 5.74) is -0.392. The van der Waals surface area contributed by atoms with Crippen molar-refractivity contribution in [3.05, 3.63) is 35.1 Å². The first kappa shape index (κ1) is 16.4. The third kappa shape index (κ3) is 4.49. The standard InChI is InChI=1S/C11H12F3NO4S/c1-6(20(15,17)18)5-19-11(16)3-7-2-9(13)10(14)4-8(7)12/h2,4,6H,3,5H2,1H3,(H2,15,17,18)/t6-/m0/s1. The number of sulfonamides is 1. The lowest BCUT2D eigenvalue weighted by Crippen LogP contribution is -2.31. The van der Waals surface area contributed by atoms with Gasteiger partial charge in [0.25, 0.3) is 0 Å². The molecule has 0 fully saturated rings. The van der Waals surface area contributed by atoms with E-state index in [1.54, 1.807) is 0 Å². The average molecular weight is 311 g/mol. The van der Waals surface area contributed by atoms with Crippen LogP contribution in [0, 0.1) is 17.5 Å². The number of ether oxygens (including phenoxy) is 1. The first-order valence-electron chi connectivity index (χ1n) is 5.42. The lowest BCUT2D eigenvalue weighted by Gasteiger charge is -2.10. The van der Waals surface area contributed by atoms with Gasteiger partial charge in [0.2, 0.25) is 10.0 Å². The van der Waals surface area contributed by atoms with Crippen molar-refractivity contribution in [2.45, 2.75) is 18.6 Å². The summed E-state index contributed by atoms with van der Waals surface area (Å²) in [6.07, 6.45) is -0.652. The van der Waals surface area contributed by atoms with Gasteiger partial charge in [0.15, 0.2) is 11.6 Å². The number of carbonyl (C=O) groups is 1. The van der Waals surface area contributed by atoms with Crippen LogP contribution in [0.3, 0.4) is 0 Å². The highest BCUT2D eigenvalue weighted by molar-refractivity contribution is 7.89. The Labute approximate surface area is 113 Å². The fourth-order valence-corrected chi connectivity index (χ4v) is 1.47. The van der Waals surface area contributed by atoms with Gasteiger partial charge < -0.3 is 4.74 Å². The minimum Gasteiger partial charge on any atom is -0.464 e. The van der Waals surface area contributed by atoms with E-state index in [0.29, 0.717) is 12.1 Å². The number of esters is 1. The zero-order valence-electron chi connectivity index (χ0n) is 10.4. The van der Waals surface area contributed by atoms with E-state index in [-0.39, 0.29) is 0 Å². The average Bonchev–Trinajstić information content (AvgIpc) is 2.31.